The van der Waals surface area contributed by atoms with E-state index in [4.69, 9.17) is 0 Å². The molecule has 6 heteroatoms. The summed E-state index contributed by atoms with van der Waals surface area (Å²) in [5.74, 6) is -0.255. The van der Waals surface area contributed by atoms with Gasteiger partial charge in [-0.3, -0.25) is 5.10 Å². The van der Waals surface area contributed by atoms with E-state index in [-0.39, 0.29) is 18.5 Å². The molecule has 4 nitrogen and oxygen atoms in total. The third-order valence-electron chi connectivity index (χ3n) is 4.05. The number of halogens is 2. The Morgan fingerprint density at radius 1 is 1.12 bits per heavy atom. The predicted molar refractivity (Wildman–Crippen MR) is 99.5 cm³/mol. The Kier molecular flexibility index (Phi) is 5.96. The maximum atomic E-state index is 13.0. The molecule has 1 atom stereocenters. The molecule has 0 spiro atoms. The van der Waals surface area contributed by atoms with Crippen LogP contribution in [0.1, 0.15) is 11.1 Å². The number of hydrogen-bond donors (Lipinski definition) is 3. The highest BCUT2D eigenvalue weighted by Gasteiger charge is 2.12. The van der Waals surface area contributed by atoms with Gasteiger partial charge in [0.25, 0.3) is 0 Å². The number of aromatic nitrogens is 2. The molecule has 3 aromatic rings. The van der Waals surface area contributed by atoms with Gasteiger partial charge in [-0.15, -0.1) is 0 Å². The second-order valence-electron chi connectivity index (χ2n) is 5.87. The van der Waals surface area contributed by atoms with Crippen molar-refractivity contribution in [2.75, 3.05) is 6.61 Å². The number of H-pyrrole nitrogens is 1. The third kappa shape index (κ3) is 4.75. The first-order chi connectivity index (χ1) is 12.2. The fraction of sp³-hybridized carbons (Fsp3) is 0.211. The molecule has 2 aromatic carbocycles. The van der Waals surface area contributed by atoms with Crippen molar-refractivity contribution in [2.24, 2.45) is 0 Å². The lowest BCUT2D eigenvalue weighted by Gasteiger charge is -2.16. The standard InChI is InChI=1S/C19H19BrFN3O/c20-16-5-3-14(4-6-16)19-15(11-23-24-19)10-22-18(12-25)9-13-1-7-17(21)8-2-13/h1-8,11,18,22,25H,9-10,12H2,(H,23,24). The highest BCUT2D eigenvalue weighted by Crippen LogP contribution is 2.23. The highest BCUT2D eigenvalue weighted by atomic mass is 79.9. The minimum absolute atomic E-state index is 0.00282. The molecule has 0 aliphatic carbocycles. The first-order valence-corrected chi connectivity index (χ1v) is 8.82. The fourth-order valence-electron chi connectivity index (χ4n) is 2.67. The van der Waals surface area contributed by atoms with Crippen LogP contribution in [0.3, 0.4) is 0 Å². The van der Waals surface area contributed by atoms with Crippen LogP contribution in [0.5, 0.6) is 0 Å². The molecule has 3 N–H and O–H groups in total. The number of benzene rings is 2. The van der Waals surface area contributed by atoms with Gasteiger partial charge < -0.3 is 10.4 Å². The zero-order chi connectivity index (χ0) is 17.6. The summed E-state index contributed by atoms with van der Waals surface area (Å²) >= 11 is 3.43. The van der Waals surface area contributed by atoms with Gasteiger partial charge in [0.15, 0.2) is 0 Å². The van der Waals surface area contributed by atoms with Gasteiger partial charge in [0.05, 0.1) is 18.5 Å². The van der Waals surface area contributed by atoms with Crippen LogP contribution >= 0.6 is 15.9 Å². The molecule has 25 heavy (non-hydrogen) atoms. The van der Waals surface area contributed by atoms with Gasteiger partial charge in [0.1, 0.15) is 5.82 Å². The van der Waals surface area contributed by atoms with Gasteiger partial charge in [-0.25, -0.2) is 4.39 Å². The van der Waals surface area contributed by atoms with Gasteiger partial charge in [-0.2, -0.15) is 5.10 Å². The Bertz CT molecular complexity index is 802. The molecule has 3 rings (SSSR count). The van der Waals surface area contributed by atoms with E-state index in [1.807, 2.05) is 24.3 Å². The summed E-state index contributed by atoms with van der Waals surface area (Å²) in [6, 6.07) is 14.2. The summed E-state index contributed by atoms with van der Waals surface area (Å²) < 4.78 is 14.0. The molecule has 0 aliphatic rings. The van der Waals surface area contributed by atoms with Gasteiger partial charge in [-0.1, -0.05) is 40.2 Å². The minimum Gasteiger partial charge on any atom is -0.395 e. The first kappa shape index (κ1) is 17.8. The Morgan fingerprint density at radius 3 is 2.52 bits per heavy atom. The number of aliphatic hydroxyl groups excluding tert-OH is 1. The van der Waals surface area contributed by atoms with Crippen LogP contribution in [0, 0.1) is 5.82 Å². The van der Waals surface area contributed by atoms with Gasteiger partial charge in [0.2, 0.25) is 0 Å². The Labute approximate surface area is 154 Å². The van der Waals surface area contributed by atoms with Crippen LogP contribution in [0.15, 0.2) is 59.2 Å². The van der Waals surface area contributed by atoms with E-state index in [9.17, 15) is 9.50 Å². The number of nitrogens with one attached hydrogen (secondary N) is 2. The highest BCUT2D eigenvalue weighted by molar-refractivity contribution is 9.10. The van der Waals surface area contributed by atoms with Crippen molar-refractivity contribution < 1.29 is 9.50 Å². The number of hydrogen-bond acceptors (Lipinski definition) is 3. The summed E-state index contributed by atoms with van der Waals surface area (Å²) in [7, 11) is 0. The Hall–Kier alpha value is -2.02. The maximum absolute atomic E-state index is 13.0. The summed E-state index contributed by atoms with van der Waals surface area (Å²) in [5, 5.41) is 20.1. The van der Waals surface area contributed by atoms with Crippen LogP contribution in [0.4, 0.5) is 4.39 Å². The zero-order valence-electron chi connectivity index (χ0n) is 13.5. The summed E-state index contributed by atoms with van der Waals surface area (Å²) in [5.41, 5.74) is 4.02. The zero-order valence-corrected chi connectivity index (χ0v) is 15.1. The monoisotopic (exact) mass is 403 g/mol. The molecule has 1 aromatic heterocycles. The molecule has 0 saturated heterocycles. The van der Waals surface area contributed by atoms with Crippen LogP contribution in [-0.4, -0.2) is 28.0 Å². The van der Waals surface area contributed by atoms with E-state index in [1.165, 1.54) is 12.1 Å². The van der Waals surface area contributed by atoms with E-state index >= 15 is 0 Å². The topological polar surface area (TPSA) is 60.9 Å². The summed E-state index contributed by atoms with van der Waals surface area (Å²) in [6.07, 6.45) is 2.42. The van der Waals surface area contributed by atoms with E-state index in [2.05, 4.69) is 31.4 Å². The van der Waals surface area contributed by atoms with Crippen LogP contribution in [-0.2, 0) is 13.0 Å². The molecular formula is C19H19BrFN3O. The van der Waals surface area contributed by atoms with Gasteiger partial charge in [-0.05, 0) is 41.8 Å². The maximum Gasteiger partial charge on any atom is 0.123 e. The smallest absolute Gasteiger partial charge is 0.123 e. The van der Waals surface area contributed by atoms with E-state index in [0.29, 0.717) is 13.0 Å². The van der Waals surface area contributed by atoms with Gasteiger partial charge in [0, 0.05) is 22.6 Å². The van der Waals surface area contributed by atoms with Crippen LogP contribution < -0.4 is 5.32 Å². The van der Waals surface area contributed by atoms with Crippen molar-refractivity contribution >= 4 is 15.9 Å². The summed E-state index contributed by atoms with van der Waals surface area (Å²) in [4.78, 5) is 0. The lowest BCUT2D eigenvalue weighted by atomic mass is 10.1. The molecule has 130 valence electrons. The Balaban J connectivity index is 1.65. The third-order valence-corrected chi connectivity index (χ3v) is 4.58. The van der Waals surface area contributed by atoms with E-state index in [1.54, 1.807) is 18.3 Å². The fourth-order valence-corrected chi connectivity index (χ4v) is 2.94. The second kappa shape index (κ2) is 8.38. The van der Waals surface area contributed by atoms with E-state index in [0.717, 1.165) is 26.9 Å². The minimum atomic E-state index is -0.255. The van der Waals surface area contributed by atoms with Crippen LogP contribution in [0.2, 0.25) is 0 Å². The lowest BCUT2D eigenvalue weighted by Crippen LogP contribution is -2.34. The van der Waals surface area contributed by atoms with Crippen molar-refractivity contribution in [3.05, 3.63) is 76.1 Å². The van der Waals surface area contributed by atoms with Gasteiger partial charge >= 0.3 is 0 Å². The molecule has 0 aliphatic heterocycles. The average Bonchev–Trinajstić information content (AvgIpc) is 3.09. The molecule has 0 radical (unpaired) electrons. The normalized spacial score (nSPS) is 12.3. The average molecular weight is 404 g/mol. The van der Waals surface area contributed by atoms with Crippen molar-refractivity contribution in [3.63, 3.8) is 0 Å². The van der Waals surface area contributed by atoms with Crippen LogP contribution in [0.25, 0.3) is 11.3 Å². The molecule has 0 fully saturated rings. The quantitative estimate of drug-likeness (QED) is 0.563. The predicted octanol–water partition coefficient (Wildman–Crippen LogP) is 3.67. The van der Waals surface area contributed by atoms with Crippen molar-refractivity contribution in [1.29, 1.82) is 0 Å². The molecule has 0 bridgehead atoms. The largest absolute Gasteiger partial charge is 0.395 e. The summed E-state index contributed by atoms with van der Waals surface area (Å²) in [6.45, 7) is 0.581. The Morgan fingerprint density at radius 2 is 1.84 bits per heavy atom. The number of aliphatic hydroxyl groups is 1. The second-order valence-corrected chi connectivity index (χ2v) is 6.78. The van der Waals surface area contributed by atoms with Crippen molar-refractivity contribution in [3.8, 4) is 11.3 Å². The lowest BCUT2D eigenvalue weighted by molar-refractivity contribution is 0.241. The molecular weight excluding hydrogens is 385 g/mol. The first-order valence-electron chi connectivity index (χ1n) is 8.02. The number of aromatic amines is 1. The molecule has 0 amide bonds. The van der Waals surface area contributed by atoms with E-state index < -0.39 is 0 Å². The molecule has 1 unspecified atom stereocenters. The molecule has 0 saturated carbocycles. The van der Waals surface area contributed by atoms with Crippen molar-refractivity contribution in [2.45, 2.75) is 19.0 Å². The SMILES string of the molecule is OCC(Cc1ccc(F)cc1)NCc1cn[nH]c1-c1ccc(Br)cc1. The van der Waals surface area contributed by atoms with Crippen molar-refractivity contribution in [1.82, 2.24) is 15.5 Å². The number of nitrogens with zero attached hydrogens (tertiary/aromatic N) is 1. The molecule has 1 heterocycles. The number of rotatable bonds is 7.